The lowest BCUT2D eigenvalue weighted by molar-refractivity contribution is 0.0482. The zero-order valence-electron chi connectivity index (χ0n) is 13.2. The predicted molar refractivity (Wildman–Crippen MR) is 85.0 cm³/mol. The Balaban J connectivity index is 1.60. The Morgan fingerprint density at radius 3 is 2.55 bits per heavy atom. The van der Waals surface area contributed by atoms with Crippen molar-refractivity contribution in [2.24, 2.45) is 0 Å². The summed E-state index contributed by atoms with van der Waals surface area (Å²) in [6.45, 7) is 5.43. The molecule has 0 radical (unpaired) electrons. The van der Waals surface area contributed by atoms with Crippen molar-refractivity contribution >= 4 is 0 Å². The number of aryl methyl sites for hydroxylation is 2. The van der Waals surface area contributed by atoms with Crippen LogP contribution >= 0.6 is 0 Å². The maximum absolute atomic E-state index is 3.83. The van der Waals surface area contributed by atoms with E-state index in [4.69, 9.17) is 0 Å². The van der Waals surface area contributed by atoms with Crippen LogP contribution < -0.4 is 5.32 Å². The maximum Gasteiger partial charge on any atom is 0.0210 e. The molecule has 2 unspecified atom stereocenters. The summed E-state index contributed by atoms with van der Waals surface area (Å²) < 4.78 is 0. The van der Waals surface area contributed by atoms with Gasteiger partial charge < -0.3 is 10.2 Å². The fourth-order valence-electron chi connectivity index (χ4n) is 4.03. The van der Waals surface area contributed by atoms with Crippen molar-refractivity contribution in [1.29, 1.82) is 0 Å². The molecule has 2 saturated heterocycles. The summed E-state index contributed by atoms with van der Waals surface area (Å²) in [5.41, 5.74) is 4.25. The minimum absolute atomic E-state index is 0.710. The van der Waals surface area contributed by atoms with Crippen molar-refractivity contribution in [3.63, 3.8) is 0 Å². The van der Waals surface area contributed by atoms with Gasteiger partial charge in [0.15, 0.2) is 0 Å². The van der Waals surface area contributed by atoms with E-state index in [1.165, 1.54) is 48.8 Å². The van der Waals surface area contributed by atoms with E-state index < -0.39 is 0 Å². The summed E-state index contributed by atoms with van der Waals surface area (Å²) in [5, 5.41) is 3.83. The molecule has 2 nitrogen and oxygen atoms in total. The Kier molecular flexibility index (Phi) is 4.13. The SMILES string of the molecule is Cc1ccc(C)c(CNC2CC3CCCC(C2)N3C)c1. The van der Waals surface area contributed by atoms with Crippen molar-refractivity contribution in [2.75, 3.05) is 7.05 Å². The van der Waals surface area contributed by atoms with E-state index in [2.05, 4.69) is 49.3 Å². The first-order valence-electron chi connectivity index (χ1n) is 8.15. The second-order valence-electron chi connectivity index (χ2n) is 6.88. The van der Waals surface area contributed by atoms with Gasteiger partial charge in [0.25, 0.3) is 0 Å². The smallest absolute Gasteiger partial charge is 0.0210 e. The minimum atomic E-state index is 0.710. The Morgan fingerprint density at radius 1 is 1.15 bits per heavy atom. The van der Waals surface area contributed by atoms with Crippen LogP contribution in [0.1, 0.15) is 48.8 Å². The van der Waals surface area contributed by atoms with E-state index in [-0.39, 0.29) is 0 Å². The van der Waals surface area contributed by atoms with Crippen LogP contribution in [0, 0.1) is 13.8 Å². The molecule has 2 atom stereocenters. The van der Waals surface area contributed by atoms with Gasteiger partial charge in [-0.25, -0.2) is 0 Å². The highest BCUT2D eigenvalue weighted by atomic mass is 15.2. The maximum atomic E-state index is 3.83. The highest BCUT2D eigenvalue weighted by Crippen LogP contribution is 2.32. The molecule has 1 aromatic carbocycles. The standard InChI is InChI=1S/C18H28N2/c1-13-7-8-14(2)15(9-13)12-19-16-10-17-5-4-6-18(11-16)20(17)3/h7-9,16-19H,4-6,10-12H2,1-3H3. The number of benzene rings is 1. The third kappa shape index (κ3) is 2.91. The summed E-state index contributed by atoms with van der Waals surface area (Å²) in [4.78, 5) is 2.64. The molecule has 2 heterocycles. The molecule has 3 rings (SSSR count). The lowest BCUT2D eigenvalue weighted by Gasteiger charge is -2.47. The molecule has 2 bridgehead atoms. The lowest BCUT2D eigenvalue weighted by Crippen LogP contribution is -2.54. The second kappa shape index (κ2) is 5.87. The summed E-state index contributed by atoms with van der Waals surface area (Å²) in [6.07, 6.45) is 6.89. The molecule has 0 aliphatic carbocycles. The Hall–Kier alpha value is -0.860. The molecule has 2 aliphatic heterocycles. The van der Waals surface area contributed by atoms with E-state index in [9.17, 15) is 0 Å². The van der Waals surface area contributed by atoms with Gasteiger partial charge in [0.1, 0.15) is 0 Å². The van der Waals surface area contributed by atoms with Gasteiger partial charge in [-0.05, 0) is 57.7 Å². The van der Waals surface area contributed by atoms with Crippen molar-refractivity contribution in [1.82, 2.24) is 10.2 Å². The third-order valence-electron chi connectivity index (χ3n) is 5.43. The van der Waals surface area contributed by atoms with Gasteiger partial charge in [0.05, 0.1) is 0 Å². The van der Waals surface area contributed by atoms with Gasteiger partial charge in [-0.1, -0.05) is 30.2 Å². The molecule has 1 N–H and O–H groups in total. The fourth-order valence-corrected chi connectivity index (χ4v) is 4.03. The highest BCUT2D eigenvalue weighted by Gasteiger charge is 2.35. The van der Waals surface area contributed by atoms with E-state index in [1.807, 2.05) is 0 Å². The van der Waals surface area contributed by atoms with Crippen LogP contribution in [0.15, 0.2) is 18.2 Å². The number of rotatable bonds is 3. The molecule has 0 amide bonds. The third-order valence-corrected chi connectivity index (χ3v) is 5.43. The molecule has 0 spiro atoms. The van der Waals surface area contributed by atoms with Crippen molar-refractivity contribution in [3.05, 3.63) is 34.9 Å². The quantitative estimate of drug-likeness (QED) is 0.907. The molecule has 2 fully saturated rings. The average Bonchev–Trinajstić information content (AvgIpc) is 2.40. The molecule has 2 aliphatic rings. The topological polar surface area (TPSA) is 15.3 Å². The molecule has 0 aromatic heterocycles. The molecule has 2 heteroatoms. The highest BCUT2D eigenvalue weighted by molar-refractivity contribution is 5.30. The number of nitrogens with zero attached hydrogens (tertiary/aromatic N) is 1. The Bertz CT molecular complexity index is 454. The van der Waals surface area contributed by atoms with Crippen LogP contribution in [-0.4, -0.2) is 30.1 Å². The van der Waals surface area contributed by atoms with Gasteiger partial charge in [-0.2, -0.15) is 0 Å². The number of fused-ring (bicyclic) bond motifs is 2. The normalized spacial score (nSPS) is 30.4. The number of hydrogen-bond donors (Lipinski definition) is 1. The summed E-state index contributed by atoms with van der Waals surface area (Å²) in [6, 6.07) is 9.13. The van der Waals surface area contributed by atoms with Gasteiger partial charge in [-0.3, -0.25) is 0 Å². The number of piperidine rings is 2. The fraction of sp³-hybridized carbons (Fsp3) is 0.667. The van der Waals surface area contributed by atoms with Crippen LogP contribution in [0.2, 0.25) is 0 Å². The molecule has 20 heavy (non-hydrogen) atoms. The van der Waals surface area contributed by atoms with E-state index in [0.717, 1.165) is 18.6 Å². The molecular formula is C18H28N2. The zero-order valence-corrected chi connectivity index (χ0v) is 13.2. The molecular weight excluding hydrogens is 244 g/mol. The van der Waals surface area contributed by atoms with E-state index >= 15 is 0 Å². The second-order valence-corrected chi connectivity index (χ2v) is 6.88. The first kappa shape index (κ1) is 14.1. The zero-order chi connectivity index (χ0) is 14.1. The van der Waals surface area contributed by atoms with Gasteiger partial charge >= 0.3 is 0 Å². The predicted octanol–water partition coefficient (Wildman–Crippen LogP) is 3.41. The van der Waals surface area contributed by atoms with E-state index in [0.29, 0.717) is 6.04 Å². The van der Waals surface area contributed by atoms with Crippen LogP contribution in [0.3, 0.4) is 0 Å². The lowest BCUT2D eigenvalue weighted by atomic mass is 9.82. The van der Waals surface area contributed by atoms with Crippen LogP contribution in [-0.2, 0) is 6.54 Å². The van der Waals surface area contributed by atoms with Gasteiger partial charge in [0, 0.05) is 24.7 Å². The monoisotopic (exact) mass is 272 g/mol. The minimum Gasteiger partial charge on any atom is -0.310 e. The first-order valence-corrected chi connectivity index (χ1v) is 8.15. The molecule has 0 saturated carbocycles. The van der Waals surface area contributed by atoms with Gasteiger partial charge in [0.2, 0.25) is 0 Å². The van der Waals surface area contributed by atoms with Gasteiger partial charge in [-0.15, -0.1) is 0 Å². The van der Waals surface area contributed by atoms with Crippen molar-refractivity contribution in [3.8, 4) is 0 Å². The number of nitrogens with one attached hydrogen (secondary N) is 1. The Morgan fingerprint density at radius 2 is 1.85 bits per heavy atom. The van der Waals surface area contributed by atoms with Crippen molar-refractivity contribution < 1.29 is 0 Å². The summed E-state index contributed by atoms with van der Waals surface area (Å²) >= 11 is 0. The summed E-state index contributed by atoms with van der Waals surface area (Å²) in [5.74, 6) is 0. The molecule has 1 aromatic rings. The molecule has 110 valence electrons. The van der Waals surface area contributed by atoms with Crippen LogP contribution in [0.4, 0.5) is 0 Å². The Labute approximate surface area is 123 Å². The average molecular weight is 272 g/mol. The number of hydrogen-bond acceptors (Lipinski definition) is 2. The van der Waals surface area contributed by atoms with E-state index in [1.54, 1.807) is 0 Å². The largest absolute Gasteiger partial charge is 0.310 e. The first-order chi connectivity index (χ1) is 9.63. The van der Waals surface area contributed by atoms with Crippen LogP contribution in [0.25, 0.3) is 0 Å². The summed E-state index contributed by atoms with van der Waals surface area (Å²) in [7, 11) is 2.33. The van der Waals surface area contributed by atoms with Crippen molar-refractivity contribution in [2.45, 2.75) is 70.6 Å². The van der Waals surface area contributed by atoms with Crippen LogP contribution in [0.5, 0.6) is 0 Å².